The Balaban J connectivity index is 1.46. The maximum absolute atomic E-state index is 13.1. The number of amides is 1. The first kappa shape index (κ1) is 19.1. The molecule has 1 saturated heterocycles. The Labute approximate surface area is 168 Å². The van der Waals surface area contributed by atoms with E-state index in [-0.39, 0.29) is 11.7 Å². The number of carbonyl (C=O) groups is 1. The van der Waals surface area contributed by atoms with Crippen LogP contribution in [0.25, 0.3) is 11.4 Å². The van der Waals surface area contributed by atoms with Crippen molar-refractivity contribution in [2.24, 2.45) is 0 Å². The molecule has 1 fully saturated rings. The van der Waals surface area contributed by atoms with Crippen molar-refractivity contribution in [2.75, 3.05) is 6.54 Å². The van der Waals surface area contributed by atoms with E-state index in [2.05, 4.69) is 10.1 Å². The Hall–Kier alpha value is -3.22. The number of ether oxygens (including phenoxy) is 1. The van der Waals surface area contributed by atoms with Crippen molar-refractivity contribution < 1.29 is 18.4 Å². The van der Waals surface area contributed by atoms with Crippen molar-refractivity contribution >= 4 is 5.91 Å². The van der Waals surface area contributed by atoms with Gasteiger partial charge in [0.15, 0.2) is 5.60 Å². The van der Waals surface area contributed by atoms with E-state index in [0.717, 1.165) is 24.1 Å². The van der Waals surface area contributed by atoms with E-state index < -0.39 is 5.60 Å². The van der Waals surface area contributed by atoms with Gasteiger partial charge in [-0.25, -0.2) is 4.39 Å². The molecule has 0 radical (unpaired) electrons. The van der Waals surface area contributed by atoms with Gasteiger partial charge < -0.3 is 14.2 Å². The van der Waals surface area contributed by atoms with Gasteiger partial charge in [0, 0.05) is 25.1 Å². The molecule has 29 heavy (non-hydrogen) atoms. The number of rotatable bonds is 6. The van der Waals surface area contributed by atoms with E-state index in [9.17, 15) is 9.18 Å². The fourth-order valence-electron chi connectivity index (χ4n) is 3.28. The number of benzene rings is 2. The first-order chi connectivity index (χ1) is 13.9. The predicted molar refractivity (Wildman–Crippen MR) is 104 cm³/mol. The number of nitrogens with zero attached hydrogens (tertiary/aromatic N) is 3. The highest BCUT2D eigenvalue weighted by Crippen LogP contribution is 2.28. The molecule has 1 amide bonds. The van der Waals surface area contributed by atoms with Crippen LogP contribution in [0.3, 0.4) is 0 Å². The summed E-state index contributed by atoms with van der Waals surface area (Å²) in [6.07, 6.45) is 1.57. The van der Waals surface area contributed by atoms with Crippen LogP contribution in [0, 0.1) is 5.82 Å². The number of aromatic nitrogens is 2. The first-order valence-electron chi connectivity index (χ1n) is 9.56. The second-order valence-corrected chi connectivity index (χ2v) is 7.61. The number of carbonyl (C=O) groups excluding carboxylic acids is 1. The third-order valence-corrected chi connectivity index (χ3v) is 4.88. The molecule has 1 aromatic heterocycles. The van der Waals surface area contributed by atoms with Crippen molar-refractivity contribution in [2.45, 2.75) is 38.8 Å². The molecule has 2 heterocycles. The summed E-state index contributed by atoms with van der Waals surface area (Å²) in [6, 6.07) is 13.5. The van der Waals surface area contributed by atoms with Crippen LogP contribution in [0.5, 0.6) is 5.75 Å². The largest absolute Gasteiger partial charge is 0.478 e. The van der Waals surface area contributed by atoms with Gasteiger partial charge in [0.25, 0.3) is 5.89 Å². The first-order valence-corrected chi connectivity index (χ1v) is 9.56. The highest BCUT2D eigenvalue weighted by atomic mass is 19.1. The van der Waals surface area contributed by atoms with Crippen molar-refractivity contribution in [1.82, 2.24) is 15.0 Å². The summed E-state index contributed by atoms with van der Waals surface area (Å²) in [4.78, 5) is 18.1. The quantitative estimate of drug-likeness (QED) is 0.622. The van der Waals surface area contributed by atoms with Crippen LogP contribution in [-0.4, -0.2) is 27.5 Å². The minimum Gasteiger partial charge on any atom is -0.478 e. The van der Waals surface area contributed by atoms with Crippen LogP contribution in [0.1, 0.15) is 38.1 Å². The zero-order valence-corrected chi connectivity index (χ0v) is 16.4. The molecule has 150 valence electrons. The molecular formula is C22H22FN3O3. The van der Waals surface area contributed by atoms with E-state index in [0.29, 0.717) is 30.4 Å². The Morgan fingerprint density at radius 1 is 1.14 bits per heavy atom. The van der Waals surface area contributed by atoms with E-state index in [1.54, 1.807) is 12.1 Å². The number of hydrogen-bond donors (Lipinski definition) is 0. The number of likely N-dealkylation sites (tertiary alicyclic amines) is 1. The van der Waals surface area contributed by atoms with Gasteiger partial charge in [0.1, 0.15) is 11.6 Å². The highest BCUT2D eigenvalue weighted by Gasteiger charge is 2.30. The molecular weight excluding hydrogens is 373 g/mol. The fourth-order valence-corrected chi connectivity index (χ4v) is 3.28. The topological polar surface area (TPSA) is 68.5 Å². The molecule has 1 aliphatic heterocycles. The summed E-state index contributed by atoms with van der Waals surface area (Å²) in [6.45, 7) is 5.06. The summed E-state index contributed by atoms with van der Waals surface area (Å²) < 4.78 is 24.4. The monoisotopic (exact) mass is 395 g/mol. The van der Waals surface area contributed by atoms with Gasteiger partial charge in [0.05, 0.1) is 0 Å². The van der Waals surface area contributed by atoms with Crippen molar-refractivity contribution in [3.63, 3.8) is 0 Å². The molecule has 0 spiro atoms. The molecule has 0 atom stereocenters. The van der Waals surface area contributed by atoms with Gasteiger partial charge in [-0.05, 0) is 50.1 Å². The summed E-state index contributed by atoms with van der Waals surface area (Å²) in [5.41, 5.74) is 1.00. The van der Waals surface area contributed by atoms with Crippen LogP contribution in [-0.2, 0) is 16.9 Å². The predicted octanol–water partition coefficient (Wildman–Crippen LogP) is 4.31. The molecule has 0 N–H and O–H groups in total. The Kier molecular flexibility index (Phi) is 5.05. The van der Waals surface area contributed by atoms with Gasteiger partial charge in [-0.15, -0.1) is 0 Å². The molecule has 0 saturated carbocycles. The van der Waals surface area contributed by atoms with Gasteiger partial charge >= 0.3 is 0 Å². The fraction of sp³-hybridized carbons (Fsp3) is 0.318. The van der Waals surface area contributed by atoms with E-state index in [1.165, 1.54) is 12.1 Å². The Bertz CT molecular complexity index is 997. The van der Waals surface area contributed by atoms with Gasteiger partial charge in [-0.2, -0.15) is 4.98 Å². The van der Waals surface area contributed by atoms with Gasteiger partial charge in [-0.1, -0.05) is 29.4 Å². The molecule has 0 unspecified atom stereocenters. The zero-order chi connectivity index (χ0) is 20.4. The number of halogens is 1. The van der Waals surface area contributed by atoms with E-state index >= 15 is 0 Å². The smallest absolute Gasteiger partial charge is 0.270 e. The standard InChI is InChI=1S/C22H22FN3O3/c1-22(2,28-18-11-9-17(23)10-12-18)21-24-20(25-29-21)16-7-5-15(6-8-16)14-26-13-3-4-19(26)27/h5-12H,3-4,13-14H2,1-2H3. The molecule has 1 aliphatic rings. The second-order valence-electron chi connectivity index (χ2n) is 7.61. The van der Waals surface area contributed by atoms with Gasteiger partial charge in [-0.3, -0.25) is 4.79 Å². The highest BCUT2D eigenvalue weighted by molar-refractivity contribution is 5.78. The average molecular weight is 395 g/mol. The number of hydrogen-bond acceptors (Lipinski definition) is 5. The molecule has 7 heteroatoms. The average Bonchev–Trinajstić information content (AvgIpc) is 3.35. The van der Waals surface area contributed by atoms with Crippen molar-refractivity contribution in [1.29, 1.82) is 0 Å². The normalized spacial score (nSPS) is 14.4. The third kappa shape index (κ3) is 4.29. The lowest BCUT2D eigenvalue weighted by atomic mass is 10.1. The lowest BCUT2D eigenvalue weighted by Crippen LogP contribution is -2.25. The SMILES string of the molecule is CC(C)(Oc1ccc(F)cc1)c1nc(-c2ccc(CN3CCCC3=O)cc2)no1. The van der Waals surface area contributed by atoms with Gasteiger partial charge in [0.2, 0.25) is 11.7 Å². The second kappa shape index (κ2) is 7.66. The van der Waals surface area contributed by atoms with Crippen LogP contribution in [0.2, 0.25) is 0 Å². The summed E-state index contributed by atoms with van der Waals surface area (Å²) in [5, 5.41) is 4.06. The van der Waals surface area contributed by atoms with Crippen LogP contribution in [0.15, 0.2) is 53.1 Å². The van der Waals surface area contributed by atoms with Crippen LogP contribution in [0.4, 0.5) is 4.39 Å². The van der Waals surface area contributed by atoms with Crippen molar-refractivity contribution in [3.8, 4) is 17.1 Å². The lowest BCUT2D eigenvalue weighted by molar-refractivity contribution is -0.128. The Morgan fingerprint density at radius 2 is 1.86 bits per heavy atom. The third-order valence-electron chi connectivity index (χ3n) is 4.88. The van der Waals surface area contributed by atoms with Crippen LogP contribution < -0.4 is 4.74 Å². The summed E-state index contributed by atoms with van der Waals surface area (Å²) in [5.74, 6) is 1.17. The molecule has 0 bridgehead atoms. The van der Waals surface area contributed by atoms with Crippen LogP contribution >= 0.6 is 0 Å². The molecule has 2 aromatic carbocycles. The zero-order valence-electron chi connectivity index (χ0n) is 16.4. The molecule has 4 rings (SSSR count). The lowest BCUT2D eigenvalue weighted by Gasteiger charge is -2.22. The summed E-state index contributed by atoms with van der Waals surface area (Å²) in [7, 11) is 0. The maximum atomic E-state index is 13.1. The van der Waals surface area contributed by atoms with E-state index in [4.69, 9.17) is 9.26 Å². The summed E-state index contributed by atoms with van der Waals surface area (Å²) >= 11 is 0. The molecule has 6 nitrogen and oxygen atoms in total. The molecule has 0 aliphatic carbocycles. The molecule has 3 aromatic rings. The minimum absolute atomic E-state index is 0.209. The van der Waals surface area contributed by atoms with E-state index in [1.807, 2.05) is 43.0 Å². The maximum Gasteiger partial charge on any atom is 0.270 e. The Morgan fingerprint density at radius 3 is 2.52 bits per heavy atom. The van der Waals surface area contributed by atoms with Crippen molar-refractivity contribution in [3.05, 3.63) is 65.8 Å². The minimum atomic E-state index is -0.876.